The first-order chi connectivity index (χ1) is 21.9. The number of carbonyl (C=O) groups excluding carboxylic acids is 8. The maximum absolute atomic E-state index is 12.1. The standard InChI is InChI=1S/C28H38O19/c1-11(29)37-9-19-21(39-12(2)30)23(41-14(4)32)25(43-16(6)34)27(46-19)38-10-20-22(40-13(3)31)24(42-15(5)33)26(44-17(7)35)28(47-20)45-18(8)36/h19-28H,9-10H2,1-8H3/t19-,20-,21-,22+,23+,24+,25-,26-,27+,28-/m1/s1. The molecule has 0 aromatic rings. The third kappa shape index (κ3) is 12.1. The lowest BCUT2D eigenvalue weighted by Crippen LogP contribution is -2.65. The molecule has 10 atom stereocenters. The third-order valence-electron chi connectivity index (χ3n) is 6.15. The Bertz CT molecular complexity index is 1200. The van der Waals surface area contributed by atoms with Crippen molar-refractivity contribution in [2.24, 2.45) is 0 Å². The van der Waals surface area contributed by atoms with Gasteiger partial charge in [-0.3, -0.25) is 38.4 Å². The molecule has 0 amide bonds. The zero-order valence-corrected chi connectivity index (χ0v) is 26.9. The van der Waals surface area contributed by atoms with Crippen molar-refractivity contribution in [1.82, 2.24) is 0 Å². The zero-order valence-electron chi connectivity index (χ0n) is 26.9. The molecule has 2 aliphatic heterocycles. The molecule has 0 aromatic heterocycles. The fraction of sp³-hybridized carbons (Fsp3) is 0.714. The molecule has 0 radical (unpaired) electrons. The molecular weight excluding hydrogens is 640 g/mol. The van der Waals surface area contributed by atoms with Crippen LogP contribution in [0.4, 0.5) is 0 Å². The highest BCUT2D eigenvalue weighted by molar-refractivity contribution is 5.70. The van der Waals surface area contributed by atoms with E-state index in [4.69, 9.17) is 52.1 Å². The van der Waals surface area contributed by atoms with Gasteiger partial charge in [0.05, 0.1) is 6.61 Å². The first-order valence-electron chi connectivity index (χ1n) is 14.2. The third-order valence-corrected chi connectivity index (χ3v) is 6.15. The van der Waals surface area contributed by atoms with Crippen molar-refractivity contribution in [3.63, 3.8) is 0 Å². The fourth-order valence-corrected chi connectivity index (χ4v) is 4.76. The summed E-state index contributed by atoms with van der Waals surface area (Å²) in [5.41, 5.74) is 0. The minimum absolute atomic E-state index is 0.541. The molecule has 0 aliphatic carbocycles. The topological polar surface area (TPSA) is 238 Å². The Morgan fingerprint density at radius 2 is 0.702 bits per heavy atom. The normalized spacial score (nSPS) is 30.0. The van der Waals surface area contributed by atoms with Gasteiger partial charge in [0.2, 0.25) is 12.4 Å². The van der Waals surface area contributed by atoms with Gasteiger partial charge < -0.3 is 52.1 Å². The maximum Gasteiger partial charge on any atom is 0.305 e. The van der Waals surface area contributed by atoms with Gasteiger partial charge in [-0.2, -0.15) is 0 Å². The van der Waals surface area contributed by atoms with Gasteiger partial charge in [0.25, 0.3) is 0 Å². The van der Waals surface area contributed by atoms with Crippen LogP contribution in [0.25, 0.3) is 0 Å². The van der Waals surface area contributed by atoms with Crippen molar-refractivity contribution in [2.45, 2.75) is 117 Å². The van der Waals surface area contributed by atoms with Gasteiger partial charge in [-0.05, 0) is 0 Å². The number of esters is 8. The number of hydrogen-bond acceptors (Lipinski definition) is 19. The predicted octanol–water partition coefficient (Wildman–Crippen LogP) is -0.831. The SMILES string of the molecule is CC(=O)OC[C@H]1O[C@H](OC[C@H]2O[C@@H](OC(C)=O)[C@H](OC(C)=O)[C@@H](OC(C)=O)[C@H]2OC(C)=O)[C@H](OC(C)=O)[C@@H](OC(C)=O)[C@@H]1OC(C)=O. The molecule has 19 heteroatoms. The smallest absolute Gasteiger partial charge is 0.305 e. The van der Waals surface area contributed by atoms with Crippen LogP contribution in [0.3, 0.4) is 0 Å². The van der Waals surface area contributed by atoms with E-state index in [9.17, 15) is 38.4 Å². The minimum Gasteiger partial charge on any atom is -0.463 e. The summed E-state index contributed by atoms with van der Waals surface area (Å²) in [4.78, 5) is 95.9. The van der Waals surface area contributed by atoms with Gasteiger partial charge in [-0.25, -0.2) is 0 Å². The largest absolute Gasteiger partial charge is 0.463 e. The summed E-state index contributed by atoms with van der Waals surface area (Å²) in [5.74, 6) is -6.93. The van der Waals surface area contributed by atoms with Crippen LogP contribution >= 0.6 is 0 Å². The Morgan fingerprint density at radius 1 is 0.383 bits per heavy atom. The summed E-state index contributed by atoms with van der Waals surface area (Å²) >= 11 is 0. The minimum atomic E-state index is -1.71. The van der Waals surface area contributed by atoms with E-state index in [1.807, 2.05) is 0 Å². The first kappa shape index (κ1) is 38.8. The second kappa shape index (κ2) is 17.5. The van der Waals surface area contributed by atoms with Crippen LogP contribution in [0.15, 0.2) is 0 Å². The summed E-state index contributed by atoms with van der Waals surface area (Å²) in [6, 6.07) is 0. The summed E-state index contributed by atoms with van der Waals surface area (Å²) in [7, 11) is 0. The van der Waals surface area contributed by atoms with Crippen LogP contribution in [0.2, 0.25) is 0 Å². The van der Waals surface area contributed by atoms with Gasteiger partial charge in [-0.1, -0.05) is 0 Å². The fourth-order valence-electron chi connectivity index (χ4n) is 4.76. The van der Waals surface area contributed by atoms with Gasteiger partial charge in [-0.15, -0.1) is 0 Å². The molecular formula is C28H38O19. The van der Waals surface area contributed by atoms with Crippen molar-refractivity contribution in [1.29, 1.82) is 0 Å². The van der Waals surface area contributed by atoms with E-state index < -0.39 is 122 Å². The lowest BCUT2D eigenvalue weighted by atomic mass is 9.97. The Labute approximate surface area is 268 Å². The van der Waals surface area contributed by atoms with Crippen LogP contribution in [0.5, 0.6) is 0 Å². The van der Waals surface area contributed by atoms with E-state index in [2.05, 4.69) is 0 Å². The van der Waals surface area contributed by atoms with Crippen LogP contribution in [-0.4, -0.2) is 122 Å². The quantitative estimate of drug-likeness (QED) is 0.181. The van der Waals surface area contributed by atoms with Crippen molar-refractivity contribution in [3.8, 4) is 0 Å². The Kier molecular flexibility index (Phi) is 14.5. The molecule has 47 heavy (non-hydrogen) atoms. The monoisotopic (exact) mass is 678 g/mol. The van der Waals surface area contributed by atoms with Crippen molar-refractivity contribution < 1.29 is 90.5 Å². The summed E-state index contributed by atoms with van der Waals surface area (Å²) in [5, 5.41) is 0. The molecule has 0 aromatic carbocycles. The van der Waals surface area contributed by atoms with Crippen molar-refractivity contribution in [2.75, 3.05) is 13.2 Å². The predicted molar refractivity (Wildman–Crippen MR) is 145 cm³/mol. The van der Waals surface area contributed by atoms with E-state index in [0.717, 1.165) is 55.4 Å². The number of carbonyl (C=O) groups is 8. The molecule has 2 rings (SSSR count). The van der Waals surface area contributed by atoms with Crippen molar-refractivity contribution >= 4 is 47.8 Å². The summed E-state index contributed by atoms with van der Waals surface area (Å²) in [6.45, 7) is 7.09. The van der Waals surface area contributed by atoms with Gasteiger partial charge in [0.1, 0.15) is 18.8 Å². The summed E-state index contributed by atoms with van der Waals surface area (Å²) < 4.78 is 59.8. The van der Waals surface area contributed by atoms with Crippen LogP contribution in [-0.2, 0) is 90.5 Å². The molecule has 0 N–H and O–H groups in total. The molecule has 19 nitrogen and oxygen atoms in total. The zero-order chi connectivity index (χ0) is 35.6. The average molecular weight is 679 g/mol. The van der Waals surface area contributed by atoms with Crippen LogP contribution in [0.1, 0.15) is 55.4 Å². The first-order valence-corrected chi connectivity index (χ1v) is 14.2. The number of ether oxygens (including phenoxy) is 11. The Morgan fingerprint density at radius 3 is 1.09 bits per heavy atom. The molecule has 2 saturated heterocycles. The van der Waals surface area contributed by atoms with E-state index in [0.29, 0.717) is 0 Å². The molecule has 0 unspecified atom stereocenters. The van der Waals surface area contributed by atoms with Gasteiger partial charge >= 0.3 is 47.8 Å². The van der Waals surface area contributed by atoms with E-state index in [1.54, 1.807) is 0 Å². The van der Waals surface area contributed by atoms with Crippen LogP contribution in [0, 0.1) is 0 Å². The highest BCUT2D eigenvalue weighted by Crippen LogP contribution is 2.33. The maximum atomic E-state index is 12.1. The second-order valence-corrected chi connectivity index (χ2v) is 10.3. The van der Waals surface area contributed by atoms with Gasteiger partial charge in [0.15, 0.2) is 36.8 Å². The Hall–Kier alpha value is -4.36. The van der Waals surface area contributed by atoms with Gasteiger partial charge in [0, 0.05) is 55.4 Å². The van der Waals surface area contributed by atoms with Crippen LogP contribution < -0.4 is 0 Å². The van der Waals surface area contributed by atoms with E-state index in [-0.39, 0.29) is 0 Å². The lowest BCUT2D eigenvalue weighted by Gasteiger charge is -2.46. The highest BCUT2D eigenvalue weighted by atomic mass is 16.8. The highest BCUT2D eigenvalue weighted by Gasteiger charge is 2.56. The molecule has 2 aliphatic rings. The number of hydrogen-bond donors (Lipinski definition) is 0. The molecule has 0 bridgehead atoms. The Balaban J connectivity index is 2.56. The summed E-state index contributed by atoms with van der Waals surface area (Å²) in [6.07, 6.45) is -15.6. The second-order valence-electron chi connectivity index (χ2n) is 10.3. The van der Waals surface area contributed by atoms with Crippen molar-refractivity contribution in [3.05, 3.63) is 0 Å². The molecule has 264 valence electrons. The van der Waals surface area contributed by atoms with E-state index >= 15 is 0 Å². The molecule has 2 fully saturated rings. The lowest BCUT2D eigenvalue weighted by molar-refractivity contribution is -0.331. The molecule has 0 spiro atoms. The number of rotatable bonds is 12. The van der Waals surface area contributed by atoms with E-state index in [1.165, 1.54) is 0 Å². The average Bonchev–Trinajstić information content (AvgIpc) is 2.91. The molecule has 2 heterocycles. The molecule has 0 saturated carbocycles.